The zero-order valence-electron chi connectivity index (χ0n) is 17.8. The van der Waals surface area contributed by atoms with Crippen LogP contribution in [0.4, 0.5) is 0 Å². The molecule has 0 aliphatic carbocycles. The fourth-order valence-corrected chi connectivity index (χ4v) is 4.17. The maximum atomic E-state index is 13.1. The smallest absolute Gasteiger partial charge is 0.253 e. The van der Waals surface area contributed by atoms with Crippen LogP contribution in [0, 0.1) is 6.92 Å². The number of aromatic nitrogens is 4. The first-order valence-electron chi connectivity index (χ1n) is 10.7. The maximum absolute atomic E-state index is 13.1. The second-order valence-electron chi connectivity index (χ2n) is 8.02. The van der Waals surface area contributed by atoms with Gasteiger partial charge >= 0.3 is 0 Å². The van der Waals surface area contributed by atoms with Gasteiger partial charge in [-0.3, -0.25) is 9.78 Å². The van der Waals surface area contributed by atoms with Gasteiger partial charge in [-0.15, -0.1) is 0 Å². The molecule has 1 aromatic carbocycles. The molecule has 1 fully saturated rings. The molecule has 7 heteroatoms. The number of pyridine rings is 1. The molecule has 1 unspecified atom stereocenters. The lowest BCUT2D eigenvalue weighted by atomic mass is 9.90. The second kappa shape index (κ2) is 8.70. The minimum absolute atomic E-state index is 0.0516. The monoisotopic (exact) mass is 425 g/mol. The van der Waals surface area contributed by atoms with Crippen molar-refractivity contribution in [3.8, 4) is 22.7 Å². The van der Waals surface area contributed by atoms with E-state index >= 15 is 0 Å². The van der Waals surface area contributed by atoms with Crippen molar-refractivity contribution >= 4 is 5.91 Å². The Kier molecular flexibility index (Phi) is 5.46. The maximum Gasteiger partial charge on any atom is 0.253 e. The Morgan fingerprint density at radius 2 is 1.94 bits per heavy atom. The van der Waals surface area contributed by atoms with E-state index in [1.54, 1.807) is 18.6 Å². The summed E-state index contributed by atoms with van der Waals surface area (Å²) in [7, 11) is 0. The molecule has 1 aliphatic heterocycles. The Morgan fingerprint density at radius 1 is 1.12 bits per heavy atom. The van der Waals surface area contributed by atoms with Gasteiger partial charge in [0.25, 0.3) is 5.91 Å². The van der Waals surface area contributed by atoms with Crippen molar-refractivity contribution in [1.82, 2.24) is 25.0 Å². The summed E-state index contributed by atoms with van der Waals surface area (Å²) in [6.45, 7) is 3.23. The minimum atomic E-state index is 0.0516. The number of carbonyl (C=O) groups is 1. The number of benzene rings is 1. The molecule has 1 saturated heterocycles. The van der Waals surface area contributed by atoms with E-state index in [0.717, 1.165) is 41.9 Å². The second-order valence-corrected chi connectivity index (χ2v) is 8.02. The number of hydrogen-bond donors (Lipinski definition) is 0. The van der Waals surface area contributed by atoms with Crippen molar-refractivity contribution in [2.75, 3.05) is 13.1 Å². The molecule has 1 aliphatic rings. The van der Waals surface area contributed by atoms with Gasteiger partial charge in [0.1, 0.15) is 0 Å². The van der Waals surface area contributed by atoms with Crippen molar-refractivity contribution in [3.63, 3.8) is 0 Å². The first-order valence-corrected chi connectivity index (χ1v) is 10.7. The standard InChI is InChI=1S/C25H23N5O2/c1-17-14-22(32-29-17)21-15-27-24(18-9-11-26-12-10-18)28-23(21)20-8-5-13-30(16-20)25(31)19-6-3-2-4-7-19/h2-4,6-7,9-12,14-15,20H,5,8,13,16H2,1H3. The van der Waals surface area contributed by atoms with Gasteiger partial charge < -0.3 is 9.42 Å². The van der Waals surface area contributed by atoms with Gasteiger partial charge in [-0.05, 0) is 44.0 Å². The third kappa shape index (κ3) is 4.01. The number of carbonyl (C=O) groups excluding carboxylic acids is 1. The molecular weight excluding hydrogens is 402 g/mol. The molecule has 4 heterocycles. The highest BCUT2D eigenvalue weighted by Crippen LogP contribution is 2.34. The number of aryl methyl sites for hydroxylation is 1. The summed E-state index contributed by atoms with van der Waals surface area (Å²) in [5, 5.41) is 4.04. The molecule has 0 N–H and O–H groups in total. The van der Waals surface area contributed by atoms with Crippen LogP contribution in [-0.2, 0) is 0 Å². The number of nitrogens with zero attached hydrogens (tertiary/aromatic N) is 5. The van der Waals surface area contributed by atoms with E-state index in [1.165, 1.54) is 0 Å². The molecule has 0 saturated carbocycles. The van der Waals surface area contributed by atoms with Crippen LogP contribution in [-0.4, -0.2) is 44.0 Å². The van der Waals surface area contributed by atoms with E-state index < -0.39 is 0 Å². The summed E-state index contributed by atoms with van der Waals surface area (Å²) in [5.41, 5.74) is 4.11. The number of amides is 1. The van der Waals surface area contributed by atoms with E-state index in [0.29, 0.717) is 23.7 Å². The van der Waals surface area contributed by atoms with Gasteiger partial charge in [0.15, 0.2) is 11.6 Å². The zero-order valence-corrected chi connectivity index (χ0v) is 17.8. The molecular formula is C25H23N5O2. The topological polar surface area (TPSA) is 85.0 Å². The van der Waals surface area contributed by atoms with Gasteiger partial charge in [0, 0.05) is 54.8 Å². The Labute approximate surface area is 186 Å². The molecule has 0 radical (unpaired) electrons. The minimum Gasteiger partial charge on any atom is -0.356 e. The van der Waals surface area contributed by atoms with Crippen LogP contribution in [0.2, 0.25) is 0 Å². The van der Waals surface area contributed by atoms with Crippen molar-refractivity contribution in [1.29, 1.82) is 0 Å². The summed E-state index contributed by atoms with van der Waals surface area (Å²) in [4.78, 5) is 28.6. The third-order valence-corrected chi connectivity index (χ3v) is 5.77. The average Bonchev–Trinajstić information content (AvgIpc) is 3.30. The molecule has 4 aromatic rings. The Hall–Kier alpha value is -3.87. The lowest BCUT2D eigenvalue weighted by molar-refractivity contribution is 0.0706. The fraction of sp³-hybridized carbons (Fsp3) is 0.240. The highest BCUT2D eigenvalue weighted by Gasteiger charge is 2.29. The van der Waals surface area contributed by atoms with Crippen molar-refractivity contribution in [2.24, 2.45) is 0 Å². The van der Waals surface area contributed by atoms with E-state index in [-0.39, 0.29) is 11.8 Å². The molecule has 32 heavy (non-hydrogen) atoms. The predicted molar refractivity (Wildman–Crippen MR) is 120 cm³/mol. The number of likely N-dealkylation sites (tertiary alicyclic amines) is 1. The molecule has 0 bridgehead atoms. The summed E-state index contributed by atoms with van der Waals surface area (Å²) in [6.07, 6.45) is 7.11. The van der Waals surface area contributed by atoms with Gasteiger partial charge in [-0.2, -0.15) is 0 Å². The number of rotatable bonds is 4. The van der Waals surface area contributed by atoms with Crippen LogP contribution in [0.15, 0.2) is 71.6 Å². The molecule has 160 valence electrons. The summed E-state index contributed by atoms with van der Waals surface area (Å²) >= 11 is 0. The zero-order chi connectivity index (χ0) is 21.9. The van der Waals surface area contributed by atoms with Crippen LogP contribution >= 0.6 is 0 Å². The van der Waals surface area contributed by atoms with Gasteiger partial charge in [0.2, 0.25) is 0 Å². The number of hydrogen-bond acceptors (Lipinski definition) is 6. The van der Waals surface area contributed by atoms with E-state index in [1.807, 2.05) is 60.4 Å². The summed E-state index contributed by atoms with van der Waals surface area (Å²) in [6, 6.07) is 15.1. The molecule has 1 atom stereocenters. The van der Waals surface area contributed by atoms with Crippen LogP contribution in [0.25, 0.3) is 22.7 Å². The molecule has 3 aromatic heterocycles. The largest absolute Gasteiger partial charge is 0.356 e. The van der Waals surface area contributed by atoms with Crippen LogP contribution in [0.1, 0.15) is 40.5 Å². The summed E-state index contributed by atoms with van der Waals surface area (Å²) in [5.74, 6) is 1.40. The molecule has 1 amide bonds. The van der Waals surface area contributed by atoms with Crippen LogP contribution in [0.3, 0.4) is 0 Å². The normalized spacial score (nSPS) is 16.2. The Balaban J connectivity index is 1.52. The first kappa shape index (κ1) is 20.1. The van der Waals surface area contributed by atoms with E-state index in [9.17, 15) is 4.79 Å². The van der Waals surface area contributed by atoms with Crippen LogP contribution < -0.4 is 0 Å². The highest BCUT2D eigenvalue weighted by atomic mass is 16.5. The number of piperidine rings is 1. The van der Waals surface area contributed by atoms with E-state index in [4.69, 9.17) is 9.51 Å². The van der Waals surface area contributed by atoms with Crippen molar-refractivity contribution in [2.45, 2.75) is 25.7 Å². The lowest BCUT2D eigenvalue weighted by Gasteiger charge is -2.33. The quantitative estimate of drug-likeness (QED) is 0.478. The predicted octanol–water partition coefficient (Wildman–Crippen LogP) is 4.52. The first-order chi connectivity index (χ1) is 15.7. The summed E-state index contributed by atoms with van der Waals surface area (Å²) < 4.78 is 5.55. The molecule has 7 nitrogen and oxygen atoms in total. The highest BCUT2D eigenvalue weighted by molar-refractivity contribution is 5.94. The fourth-order valence-electron chi connectivity index (χ4n) is 4.17. The SMILES string of the molecule is Cc1cc(-c2cnc(-c3ccncc3)nc2C2CCCN(C(=O)c3ccccc3)C2)on1. The Bertz CT molecular complexity index is 1220. The Morgan fingerprint density at radius 3 is 2.69 bits per heavy atom. The molecule has 5 rings (SSSR count). The van der Waals surface area contributed by atoms with Crippen molar-refractivity contribution in [3.05, 3.63) is 84.1 Å². The third-order valence-electron chi connectivity index (χ3n) is 5.77. The van der Waals surface area contributed by atoms with Crippen molar-refractivity contribution < 1.29 is 9.32 Å². The van der Waals surface area contributed by atoms with Crippen LogP contribution in [0.5, 0.6) is 0 Å². The van der Waals surface area contributed by atoms with E-state index in [2.05, 4.69) is 15.1 Å². The van der Waals surface area contributed by atoms with Gasteiger partial charge in [-0.1, -0.05) is 23.4 Å². The average molecular weight is 425 g/mol. The lowest BCUT2D eigenvalue weighted by Crippen LogP contribution is -2.39. The van der Waals surface area contributed by atoms with Gasteiger partial charge in [0.05, 0.1) is 17.0 Å². The molecule has 0 spiro atoms. The van der Waals surface area contributed by atoms with Gasteiger partial charge in [-0.25, -0.2) is 9.97 Å².